The molecule has 0 aliphatic rings. The van der Waals surface area contributed by atoms with Crippen molar-refractivity contribution in [2.45, 2.75) is 22.9 Å². The highest BCUT2D eigenvalue weighted by Crippen LogP contribution is 2.18. The predicted molar refractivity (Wildman–Crippen MR) is 77.4 cm³/mol. The first-order valence-electron chi connectivity index (χ1n) is 5.82. The van der Waals surface area contributed by atoms with Crippen LogP contribution in [0.1, 0.15) is 11.1 Å². The van der Waals surface area contributed by atoms with Crippen LogP contribution in [-0.2, 0) is 17.2 Å². The van der Waals surface area contributed by atoms with Crippen molar-refractivity contribution in [3.8, 4) is 0 Å². The van der Waals surface area contributed by atoms with E-state index in [1.54, 1.807) is 0 Å². The highest BCUT2D eigenvalue weighted by molar-refractivity contribution is 7.87. The summed E-state index contributed by atoms with van der Waals surface area (Å²) >= 11 is 6.24. The number of hydrogen-bond acceptors (Lipinski definition) is 1. The molecular weight excluding hydrogens is 264 g/mol. The van der Waals surface area contributed by atoms with E-state index in [1.807, 2.05) is 61.5 Å². The molecule has 1 nitrogen and oxygen atoms in total. The van der Waals surface area contributed by atoms with E-state index in [4.69, 9.17) is 11.6 Å². The molecule has 1 unspecified atom stereocenters. The van der Waals surface area contributed by atoms with Gasteiger partial charge < -0.3 is 0 Å². The SMILES string of the molecule is Cc1ccc(S(=O)[C@H](Cl)Cc2ccccc2)cc1. The summed E-state index contributed by atoms with van der Waals surface area (Å²) in [5.41, 5.74) is 2.27. The van der Waals surface area contributed by atoms with Crippen LogP contribution in [0.2, 0.25) is 0 Å². The molecule has 0 spiro atoms. The Morgan fingerprint density at radius 1 is 1.06 bits per heavy atom. The molecule has 0 aliphatic heterocycles. The third-order valence-electron chi connectivity index (χ3n) is 2.72. The highest BCUT2D eigenvalue weighted by atomic mass is 35.5. The molecule has 18 heavy (non-hydrogen) atoms. The van der Waals surface area contributed by atoms with Gasteiger partial charge in [0.25, 0.3) is 0 Å². The molecule has 0 radical (unpaired) electrons. The lowest BCUT2D eigenvalue weighted by Gasteiger charge is -2.10. The second-order valence-electron chi connectivity index (χ2n) is 4.21. The largest absolute Gasteiger partial charge is 0.253 e. The molecule has 2 aromatic rings. The van der Waals surface area contributed by atoms with Crippen LogP contribution in [0.4, 0.5) is 0 Å². The fraction of sp³-hybridized carbons (Fsp3) is 0.200. The molecule has 0 fully saturated rings. The maximum absolute atomic E-state index is 12.2. The molecule has 2 atom stereocenters. The topological polar surface area (TPSA) is 17.1 Å². The second kappa shape index (κ2) is 6.17. The molecule has 0 amide bonds. The first-order valence-corrected chi connectivity index (χ1v) is 7.47. The van der Waals surface area contributed by atoms with E-state index in [0.717, 1.165) is 16.0 Å². The van der Waals surface area contributed by atoms with Gasteiger partial charge >= 0.3 is 0 Å². The Bertz CT molecular complexity index is 522. The Morgan fingerprint density at radius 3 is 2.28 bits per heavy atom. The van der Waals surface area contributed by atoms with Crippen molar-refractivity contribution < 1.29 is 4.21 Å². The molecule has 0 aromatic heterocycles. The Kier molecular flexibility index (Phi) is 4.56. The lowest BCUT2D eigenvalue weighted by atomic mass is 10.2. The van der Waals surface area contributed by atoms with Crippen LogP contribution >= 0.6 is 11.6 Å². The van der Waals surface area contributed by atoms with Crippen molar-refractivity contribution in [1.82, 2.24) is 0 Å². The van der Waals surface area contributed by atoms with Gasteiger partial charge in [0.1, 0.15) is 4.71 Å². The summed E-state index contributed by atoms with van der Waals surface area (Å²) in [5.74, 6) is 0. The standard InChI is InChI=1S/C15H15ClOS/c1-12-7-9-14(10-8-12)18(17)15(16)11-13-5-3-2-4-6-13/h2-10,15H,11H2,1H3/t15-,18?/m0/s1. The van der Waals surface area contributed by atoms with Crippen molar-refractivity contribution in [1.29, 1.82) is 0 Å². The van der Waals surface area contributed by atoms with E-state index in [2.05, 4.69) is 0 Å². The summed E-state index contributed by atoms with van der Waals surface area (Å²) in [5, 5.41) is 0. The van der Waals surface area contributed by atoms with Gasteiger partial charge in [0.05, 0.1) is 10.8 Å². The van der Waals surface area contributed by atoms with Gasteiger partial charge in [0.2, 0.25) is 0 Å². The fourth-order valence-electron chi connectivity index (χ4n) is 1.70. The first kappa shape index (κ1) is 13.3. The van der Waals surface area contributed by atoms with Crippen LogP contribution in [0, 0.1) is 6.92 Å². The zero-order valence-corrected chi connectivity index (χ0v) is 11.7. The molecule has 0 saturated heterocycles. The van der Waals surface area contributed by atoms with Crippen molar-refractivity contribution in [3.63, 3.8) is 0 Å². The van der Waals surface area contributed by atoms with Crippen molar-refractivity contribution in [2.24, 2.45) is 0 Å². The van der Waals surface area contributed by atoms with E-state index in [9.17, 15) is 4.21 Å². The van der Waals surface area contributed by atoms with Crippen LogP contribution in [0.25, 0.3) is 0 Å². The van der Waals surface area contributed by atoms with Crippen molar-refractivity contribution in [2.75, 3.05) is 0 Å². The predicted octanol–water partition coefficient (Wildman–Crippen LogP) is 3.91. The highest BCUT2D eigenvalue weighted by Gasteiger charge is 2.15. The van der Waals surface area contributed by atoms with E-state index < -0.39 is 15.5 Å². The lowest BCUT2D eigenvalue weighted by molar-refractivity contribution is 0.680. The molecule has 0 aliphatic carbocycles. The van der Waals surface area contributed by atoms with E-state index in [-0.39, 0.29) is 0 Å². The number of hydrogen-bond donors (Lipinski definition) is 0. The number of halogens is 1. The molecular formula is C15H15ClOS. The first-order chi connectivity index (χ1) is 8.66. The number of benzene rings is 2. The average molecular weight is 279 g/mol. The van der Waals surface area contributed by atoms with Gasteiger partial charge in [-0.3, -0.25) is 4.21 Å². The Balaban J connectivity index is 2.07. The summed E-state index contributed by atoms with van der Waals surface area (Å²) in [6, 6.07) is 17.6. The van der Waals surface area contributed by atoms with E-state index >= 15 is 0 Å². The molecule has 3 heteroatoms. The van der Waals surface area contributed by atoms with Crippen LogP contribution in [0.5, 0.6) is 0 Å². The summed E-state index contributed by atoms with van der Waals surface area (Å²) in [7, 11) is -1.17. The number of rotatable bonds is 4. The zero-order valence-electron chi connectivity index (χ0n) is 10.2. The van der Waals surface area contributed by atoms with Crippen molar-refractivity contribution >= 4 is 22.4 Å². The normalized spacial score (nSPS) is 14.1. The van der Waals surface area contributed by atoms with Gasteiger partial charge in [0.15, 0.2) is 0 Å². The van der Waals surface area contributed by atoms with E-state index in [0.29, 0.717) is 6.42 Å². The second-order valence-corrected chi connectivity index (χ2v) is 6.63. The molecule has 0 heterocycles. The molecule has 0 bridgehead atoms. The van der Waals surface area contributed by atoms with Crippen LogP contribution < -0.4 is 0 Å². The molecule has 94 valence electrons. The number of aryl methyl sites for hydroxylation is 1. The Morgan fingerprint density at radius 2 is 1.67 bits per heavy atom. The lowest BCUT2D eigenvalue weighted by Crippen LogP contribution is -2.11. The monoisotopic (exact) mass is 278 g/mol. The third-order valence-corrected chi connectivity index (χ3v) is 4.73. The molecule has 2 rings (SSSR count). The summed E-state index contributed by atoms with van der Waals surface area (Å²) in [6.07, 6.45) is 0.614. The molecule has 0 N–H and O–H groups in total. The minimum absolute atomic E-state index is 0.393. The average Bonchev–Trinajstić information content (AvgIpc) is 2.40. The van der Waals surface area contributed by atoms with Gasteiger partial charge in [-0.2, -0.15) is 0 Å². The van der Waals surface area contributed by atoms with Gasteiger partial charge in [-0.1, -0.05) is 48.0 Å². The molecule has 2 aromatic carbocycles. The molecule has 0 saturated carbocycles. The quantitative estimate of drug-likeness (QED) is 0.775. The van der Waals surface area contributed by atoms with E-state index in [1.165, 1.54) is 0 Å². The number of alkyl halides is 1. The minimum Gasteiger partial charge on any atom is -0.253 e. The maximum atomic E-state index is 12.2. The van der Waals surface area contributed by atoms with Crippen molar-refractivity contribution in [3.05, 3.63) is 65.7 Å². The summed E-state index contributed by atoms with van der Waals surface area (Å²) in [6.45, 7) is 2.01. The minimum atomic E-state index is -1.17. The van der Waals surface area contributed by atoms with Gasteiger partial charge in [-0.25, -0.2) is 0 Å². The van der Waals surface area contributed by atoms with Crippen LogP contribution in [-0.4, -0.2) is 8.92 Å². The zero-order chi connectivity index (χ0) is 13.0. The fourth-order valence-corrected chi connectivity index (χ4v) is 3.23. The summed E-state index contributed by atoms with van der Waals surface area (Å²) < 4.78 is 11.8. The smallest absolute Gasteiger partial charge is 0.117 e. The van der Waals surface area contributed by atoms with Gasteiger partial charge in [-0.05, 0) is 24.6 Å². The summed E-state index contributed by atoms with van der Waals surface area (Å²) in [4.78, 5) is 0.788. The maximum Gasteiger partial charge on any atom is 0.117 e. The van der Waals surface area contributed by atoms with Crippen LogP contribution in [0.3, 0.4) is 0 Å². The Hall–Kier alpha value is -1.12. The van der Waals surface area contributed by atoms with Gasteiger partial charge in [-0.15, -0.1) is 11.6 Å². The van der Waals surface area contributed by atoms with Crippen LogP contribution in [0.15, 0.2) is 59.5 Å². The van der Waals surface area contributed by atoms with Gasteiger partial charge in [0, 0.05) is 11.3 Å². The third kappa shape index (κ3) is 3.44. The Labute approximate surface area is 115 Å².